The third kappa shape index (κ3) is 2.73. The number of benzene rings is 1. The molecule has 0 radical (unpaired) electrons. The van der Waals surface area contributed by atoms with Crippen LogP contribution in [0.2, 0.25) is 5.02 Å². The van der Waals surface area contributed by atoms with Crippen molar-refractivity contribution in [1.82, 2.24) is 20.2 Å². The second kappa shape index (κ2) is 4.97. The number of tetrazole rings is 1. The maximum absolute atomic E-state index is 11.2. The fourth-order valence-electron chi connectivity index (χ4n) is 1.67. The molecule has 2 rings (SSSR count). The number of aromatic nitrogens is 4. The van der Waals surface area contributed by atoms with E-state index < -0.39 is 11.5 Å². The van der Waals surface area contributed by atoms with Gasteiger partial charge in [0, 0.05) is 11.4 Å². The molecule has 1 aromatic carbocycles. The summed E-state index contributed by atoms with van der Waals surface area (Å²) < 4.78 is 1.32. The van der Waals surface area contributed by atoms with E-state index in [1.54, 1.807) is 26.0 Å². The second-order valence-electron chi connectivity index (χ2n) is 4.68. The lowest BCUT2D eigenvalue weighted by Gasteiger charge is -2.20. The molecule has 2 aromatic rings. The Morgan fingerprint density at radius 1 is 1.47 bits per heavy atom. The lowest BCUT2D eigenvalue weighted by Crippen LogP contribution is -2.38. The molecular weight excluding hydrogens is 268 g/mol. The molecule has 0 atom stereocenters. The highest BCUT2D eigenvalue weighted by Crippen LogP contribution is 2.18. The highest BCUT2D eigenvalue weighted by atomic mass is 35.5. The Balaban J connectivity index is 2.33. The van der Waals surface area contributed by atoms with Crippen LogP contribution in [0.25, 0.3) is 0 Å². The average molecular weight is 281 g/mol. The molecule has 1 aromatic heterocycles. The Hall–Kier alpha value is -1.95. The van der Waals surface area contributed by atoms with Crippen molar-refractivity contribution in [3.8, 4) is 0 Å². The molecule has 0 aliphatic rings. The fraction of sp³-hybridized carbons (Fsp3) is 0.333. The van der Waals surface area contributed by atoms with Gasteiger partial charge in [0.2, 0.25) is 0 Å². The first-order valence-electron chi connectivity index (χ1n) is 5.67. The summed E-state index contributed by atoms with van der Waals surface area (Å²) in [6.45, 7) is 3.10. The van der Waals surface area contributed by atoms with Gasteiger partial charge in [-0.15, -0.1) is 5.10 Å². The van der Waals surface area contributed by atoms with Crippen LogP contribution in [0.1, 0.15) is 25.2 Å². The van der Waals surface area contributed by atoms with Crippen LogP contribution < -0.4 is 0 Å². The number of rotatable bonds is 4. The molecule has 19 heavy (non-hydrogen) atoms. The van der Waals surface area contributed by atoms with E-state index in [-0.39, 0.29) is 0 Å². The Bertz CT molecular complexity index is 609. The zero-order chi connectivity index (χ0) is 14.0. The molecule has 0 saturated heterocycles. The van der Waals surface area contributed by atoms with Gasteiger partial charge in [0.05, 0.1) is 0 Å². The number of carbonyl (C=O) groups is 1. The van der Waals surface area contributed by atoms with Crippen LogP contribution in [0.3, 0.4) is 0 Å². The minimum atomic E-state index is -1.20. The van der Waals surface area contributed by atoms with Crippen molar-refractivity contribution in [2.75, 3.05) is 0 Å². The molecule has 1 N–H and O–H groups in total. The van der Waals surface area contributed by atoms with Crippen LogP contribution in [0.15, 0.2) is 24.3 Å². The minimum absolute atomic E-state index is 0.421. The number of carboxylic acids is 1. The SMILES string of the molecule is CC(C)(C(=O)O)n1nnnc1Cc1cccc(Cl)c1. The van der Waals surface area contributed by atoms with Gasteiger partial charge in [0.15, 0.2) is 11.4 Å². The van der Waals surface area contributed by atoms with Gasteiger partial charge in [-0.25, -0.2) is 9.48 Å². The van der Waals surface area contributed by atoms with Crippen LogP contribution in [0.4, 0.5) is 0 Å². The minimum Gasteiger partial charge on any atom is -0.479 e. The molecular formula is C12H13ClN4O2. The first kappa shape index (κ1) is 13.5. The number of hydrogen-bond acceptors (Lipinski definition) is 4. The van der Waals surface area contributed by atoms with E-state index in [0.29, 0.717) is 17.3 Å². The lowest BCUT2D eigenvalue weighted by molar-refractivity contribution is -0.146. The summed E-state index contributed by atoms with van der Waals surface area (Å²) in [6.07, 6.45) is 0.421. The van der Waals surface area contributed by atoms with E-state index in [0.717, 1.165) is 5.56 Å². The van der Waals surface area contributed by atoms with Crippen LogP contribution in [-0.4, -0.2) is 31.3 Å². The molecule has 1 heterocycles. The van der Waals surface area contributed by atoms with Gasteiger partial charge in [0.1, 0.15) is 0 Å². The lowest BCUT2D eigenvalue weighted by atomic mass is 10.1. The van der Waals surface area contributed by atoms with Crippen molar-refractivity contribution in [2.45, 2.75) is 25.8 Å². The topological polar surface area (TPSA) is 80.9 Å². The molecule has 0 unspecified atom stereocenters. The van der Waals surface area contributed by atoms with Gasteiger partial charge < -0.3 is 5.11 Å². The largest absolute Gasteiger partial charge is 0.479 e. The zero-order valence-electron chi connectivity index (χ0n) is 10.5. The molecule has 0 saturated carbocycles. The molecule has 0 aliphatic carbocycles. The molecule has 0 spiro atoms. The maximum Gasteiger partial charge on any atom is 0.331 e. The van der Waals surface area contributed by atoms with Crippen LogP contribution >= 0.6 is 11.6 Å². The van der Waals surface area contributed by atoms with Crippen molar-refractivity contribution >= 4 is 17.6 Å². The van der Waals surface area contributed by atoms with E-state index >= 15 is 0 Å². The summed E-state index contributed by atoms with van der Waals surface area (Å²) in [7, 11) is 0. The molecule has 0 aliphatic heterocycles. The van der Waals surface area contributed by atoms with E-state index in [2.05, 4.69) is 15.5 Å². The zero-order valence-corrected chi connectivity index (χ0v) is 11.3. The van der Waals surface area contributed by atoms with Crippen molar-refractivity contribution in [3.05, 3.63) is 40.7 Å². The highest BCUT2D eigenvalue weighted by molar-refractivity contribution is 6.30. The third-order valence-electron chi connectivity index (χ3n) is 2.84. The smallest absolute Gasteiger partial charge is 0.331 e. The summed E-state index contributed by atoms with van der Waals surface area (Å²) >= 11 is 5.91. The molecule has 6 nitrogen and oxygen atoms in total. The quantitative estimate of drug-likeness (QED) is 0.922. The summed E-state index contributed by atoms with van der Waals surface area (Å²) in [5, 5.41) is 21.0. The highest BCUT2D eigenvalue weighted by Gasteiger charge is 2.33. The molecule has 0 fully saturated rings. The van der Waals surface area contributed by atoms with E-state index in [1.807, 2.05) is 12.1 Å². The van der Waals surface area contributed by atoms with Gasteiger partial charge in [-0.3, -0.25) is 0 Å². The van der Waals surface area contributed by atoms with E-state index in [1.165, 1.54) is 4.68 Å². The Morgan fingerprint density at radius 3 is 2.84 bits per heavy atom. The summed E-state index contributed by atoms with van der Waals surface area (Å²) in [4.78, 5) is 11.2. The fourth-order valence-corrected chi connectivity index (χ4v) is 1.88. The maximum atomic E-state index is 11.2. The van der Waals surface area contributed by atoms with Gasteiger partial charge >= 0.3 is 5.97 Å². The number of halogens is 1. The summed E-state index contributed by atoms with van der Waals surface area (Å²) in [6, 6.07) is 7.29. The first-order chi connectivity index (χ1) is 8.91. The van der Waals surface area contributed by atoms with Crippen molar-refractivity contribution < 1.29 is 9.90 Å². The van der Waals surface area contributed by atoms with Crippen molar-refractivity contribution in [2.24, 2.45) is 0 Å². The van der Waals surface area contributed by atoms with Crippen LogP contribution in [0, 0.1) is 0 Å². The molecule has 0 bridgehead atoms. The van der Waals surface area contributed by atoms with Crippen LogP contribution in [-0.2, 0) is 16.8 Å². The van der Waals surface area contributed by atoms with E-state index in [9.17, 15) is 9.90 Å². The predicted molar refractivity (Wildman–Crippen MR) is 69.0 cm³/mol. The standard InChI is InChI=1S/C12H13ClN4O2/c1-12(2,11(18)19)17-10(14-15-16-17)7-8-4-3-5-9(13)6-8/h3-6H,7H2,1-2H3,(H,18,19). The summed E-state index contributed by atoms with van der Waals surface area (Å²) in [5.74, 6) is -0.512. The van der Waals surface area contributed by atoms with E-state index in [4.69, 9.17) is 11.6 Å². The molecule has 7 heteroatoms. The average Bonchev–Trinajstić information content (AvgIpc) is 2.77. The third-order valence-corrected chi connectivity index (χ3v) is 3.07. The predicted octanol–water partition coefficient (Wildman–Crippen LogP) is 1.74. The molecule has 100 valence electrons. The Morgan fingerprint density at radius 2 is 2.21 bits per heavy atom. The normalized spacial score (nSPS) is 11.5. The van der Waals surface area contributed by atoms with Gasteiger partial charge in [0.25, 0.3) is 0 Å². The van der Waals surface area contributed by atoms with Crippen molar-refractivity contribution in [1.29, 1.82) is 0 Å². The first-order valence-corrected chi connectivity index (χ1v) is 6.04. The van der Waals surface area contributed by atoms with Gasteiger partial charge in [-0.1, -0.05) is 23.7 Å². The second-order valence-corrected chi connectivity index (χ2v) is 5.11. The monoisotopic (exact) mass is 280 g/mol. The molecule has 0 amide bonds. The number of nitrogens with zero attached hydrogens (tertiary/aromatic N) is 4. The van der Waals surface area contributed by atoms with Crippen molar-refractivity contribution in [3.63, 3.8) is 0 Å². The number of carboxylic acid groups (broad SMARTS) is 1. The Kier molecular flexibility index (Phi) is 3.53. The van der Waals surface area contributed by atoms with Gasteiger partial charge in [-0.05, 0) is 42.0 Å². The number of aliphatic carboxylic acids is 1. The summed E-state index contributed by atoms with van der Waals surface area (Å²) in [5.41, 5.74) is -0.276. The Labute approximate surface area is 115 Å². The number of hydrogen-bond donors (Lipinski definition) is 1. The van der Waals surface area contributed by atoms with Gasteiger partial charge in [-0.2, -0.15) is 0 Å². The van der Waals surface area contributed by atoms with Crippen LogP contribution in [0.5, 0.6) is 0 Å².